The lowest BCUT2D eigenvalue weighted by Crippen LogP contribution is -2.28. The smallest absolute Gasteiger partial charge is 0.124 e. The molecular weight excluding hydrogens is 226 g/mol. The molecule has 90 valence electrons. The number of hydrogen-bond acceptors (Lipinski definition) is 3. The van der Waals surface area contributed by atoms with Crippen molar-refractivity contribution in [3.8, 4) is 5.75 Å². The molecule has 0 radical (unpaired) electrons. The largest absolute Gasteiger partial charge is 0.490 e. The minimum absolute atomic E-state index is 0.255. The van der Waals surface area contributed by atoms with E-state index in [2.05, 4.69) is 5.32 Å². The van der Waals surface area contributed by atoms with Gasteiger partial charge < -0.3 is 15.2 Å². The Morgan fingerprint density at radius 1 is 1.44 bits per heavy atom. The number of benzene rings is 1. The quantitative estimate of drug-likeness (QED) is 0.833. The predicted molar refractivity (Wildman–Crippen MR) is 66.0 cm³/mol. The van der Waals surface area contributed by atoms with Crippen molar-refractivity contribution in [3.05, 3.63) is 28.8 Å². The number of hydrogen-bond donors (Lipinski definition) is 2. The lowest BCUT2D eigenvalue weighted by Gasteiger charge is -2.19. The maximum Gasteiger partial charge on any atom is 0.124 e. The van der Waals surface area contributed by atoms with Gasteiger partial charge in [0.15, 0.2) is 0 Å². The summed E-state index contributed by atoms with van der Waals surface area (Å²) in [6, 6.07) is 5.46. The Bertz CT molecular complexity index is 347. The highest BCUT2D eigenvalue weighted by Crippen LogP contribution is 2.23. The first-order chi connectivity index (χ1) is 7.42. The van der Waals surface area contributed by atoms with Crippen molar-refractivity contribution in [3.63, 3.8) is 0 Å². The van der Waals surface area contributed by atoms with Gasteiger partial charge in [-0.15, -0.1) is 0 Å². The highest BCUT2D eigenvalue weighted by Gasteiger charge is 2.14. The number of nitrogens with one attached hydrogen (secondary N) is 1. The van der Waals surface area contributed by atoms with Gasteiger partial charge in [0, 0.05) is 17.1 Å². The Kier molecular flexibility index (Phi) is 4.59. The average Bonchev–Trinajstić information content (AvgIpc) is 2.15. The maximum absolute atomic E-state index is 9.59. The van der Waals surface area contributed by atoms with Crippen LogP contribution in [-0.2, 0) is 6.54 Å². The minimum Gasteiger partial charge on any atom is -0.490 e. The van der Waals surface area contributed by atoms with Gasteiger partial charge in [0.2, 0.25) is 0 Å². The van der Waals surface area contributed by atoms with Crippen LogP contribution in [0.4, 0.5) is 0 Å². The first kappa shape index (κ1) is 13.3. The SMILES string of the molecule is CNCc1cc(Cl)ccc1OCC(C)(C)O. The van der Waals surface area contributed by atoms with Gasteiger partial charge in [0.25, 0.3) is 0 Å². The topological polar surface area (TPSA) is 41.5 Å². The number of ether oxygens (including phenoxy) is 1. The Balaban J connectivity index is 2.78. The van der Waals surface area contributed by atoms with Gasteiger partial charge in [-0.3, -0.25) is 0 Å². The predicted octanol–water partition coefficient (Wildman–Crippen LogP) is 2.21. The van der Waals surface area contributed by atoms with Crippen LogP contribution >= 0.6 is 11.6 Å². The van der Waals surface area contributed by atoms with Crippen LogP contribution in [0.25, 0.3) is 0 Å². The normalized spacial score (nSPS) is 11.6. The zero-order chi connectivity index (χ0) is 12.2. The van der Waals surface area contributed by atoms with Gasteiger partial charge in [0.05, 0.1) is 5.60 Å². The van der Waals surface area contributed by atoms with Gasteiger partial charge in [-0.25, -0.2) is 0 Å². The molecule has 0 atom stereocenters. The molecule has 0 bridgehead atoms. The molecular formula is C12H18ClNO2. The summed E-state index contributed by atoms with van der Waals surface area (Å²) in [5.74, 6) is 0.751. The summed E-state index contributed by atoms with van der Waals surface area (Å²) in [6.07, 6.45) is 0. The lowest BCUT2D eigenvalue weighted by atomic mass is 10.1. The summed E-state index contributed by atoms with van der Waals surface area (Å²) in [5, 5.41) is 13.3. The Morgan fingerprint density at radius 2 is 2.12 bits per heavy atom. The summed E-state index contributed by atoms with van der Waals surface area (Å²) < 4.78 is 5.56. The summed E-state index contributed by atoms with van der Waals surface area (Å²) in [6.45, 7) is 4.36. The van der Waals surface area contributed by atoms with Crippen molar-refractivity contribution in [2.24, 2.45) is 0 Å². The van der Waals surface area contributed by atoms with E-state index in [1.807, 2.05) is 19.2 Å². The van der Waals surface area contributed by atoms with Crippen LogP contribution in [0.3, 0.4) is 0 Å². The summed E-state index contributed by atoms with van der Waals surface area (Å²) in [7, 11) is 1.86. The molecule has 16 heavy (non-hydrogen) atoms. The molecule has 0 spiro atoms. The van der Waals surface area contributed by atoms with Gasteiger partial charge in [0.1, 0.15) is 12.4 Å². The summed E-state index contributed by atoms with van der Waals surface area (Å²) in [5.41, 5.74) is 0.149. The second-order valence-electron chi connectivity index (χ2n) is 4.38. The molecule has 0 unspecified atom stereocenters. The summed E-state index contributed by atoms with van der Waals surface area (Å²) >= 11 is 5.91. The van der Waals surface area contributed by atoms with Crippen LogP contribution in [0.5, 0.6) is 5.75 Å². The van der Waals surface area contributed by atoms with Gasteiger partial charge in [-0.05, 0) is 39.1 Å². The van der Waals surface area contributed by atoms with E-state index in [0.717, 1.165) is 11.3 Å². The molecule has 0 saturated carbocycles. The Labute approximate surface area is 101 Å². The van der Waals surface area contributed by atoms with Crippen LogP contribution in [-0.4, -0.2) is 24.4 Å². The maximum atomic E-state index is 9.59. The van der Waals surface area contributed by atoms with Crippen LogP contribution < -0.4 is 10.1 Å². The first-order valence-corrected chi connectivity index (χ1v) is 5.58. The summed E-state index contributed by atoms with van der Waals surface area (Å²) in [4.78, 5) is 0. The fourth-order valence-corrected chi connectivity index (χ4v) is 1.47. The number of halogens is 1. The number of rotatable bonds is 5. The molecule has 2 N–H and O–H groups in total. The monoisotopic (exact) mass is 243 g/mol. The first-order valence-electron chi connectivity index (χ1n) is 5.20. The molecule has 3 nitrogen and oxygen atoms in total. The second kappa shape index (κ2) is 5.53. The minimum atomic E-state index is -0.837. The molecule has 1 rings (SSSR count). The highest BCUT2D eigenvalue weighted by atomic mass is 35.5. The van der Waals surface area contributed by atoms with E-state index in [9.17, 15) is 5.11 Å². The van der Waals surface area contributed by atoms with E-state index in [4.69, 9.17) is 16.3 Å². The Hall–Kier alpha value is -0.770. The van der Waals surface area contributed by atoms with E-state index in [0.29, 0.717) is 11.6 Å². The molecule has 0 saturated heterocycles. The molecule has 0 amide bonds. The van der Waals surface area contributed by atoms with Crippen LogP contribution in [0.15, 0.2) is 18.2 Å². The van der Waals surface area contributed by atoms with Crippen LogP contribution in [0.2, 0.25) is 5.02 Å². The van der Waals surface area contributed by atoms with Crippen molar-refractivity contribution in [2.75, 3.05) is 13.7 Å². The molecule has 4 heteroatoms. The van der Waals surface area contributed by atoms with E-state index >= 15 is 0 Å². The van der Waals surface area contributed by atoms with Gasteiger partial charge >= 0.3 is 0 Å². The van der Waals surface area contributed by atoms with Crippen LogP contribution in [0, 0.1) is 0 Å². The van der Waals surface area contributed by atoms with E-state index in [1.165, 1.54) is 0 Å². The zero-order valence-corrected chi connectivity index (χ0v) is 10.6. The van der Waals surface area contributed by atoms with Gasteiger partial charge in [-0.1, -0.05) is 11.6 Å². The van der Waals surface area contributed by atoms with Crippen molar-refractivity contribution < 1.29 is 9.84 Å². The fourth-order valence-electron chi connectivity index (χ4n) is 1.27. The molecule has 0 aliphatic carbocycles. The van der Waals surface area contributed by atoms with Crippen molar-refractivity contribution >= 4 is 11.6 Å². The van der Waals surface area contributed by atoms with E-state index in [1.54, 1.807) is 19.9 Å². The fraction of sp³-hybridized carbons (Fsp3) is 0.500. The molecule has 0 heterocycles. The molecule has 0 fully saturated rings. The third-order valence-corrected chi connectivity index (χ3v) is 2.21. The molecule has 1 aromatic rings. The average molecular weight is 244 g/mol. The molecule has 0 aliphatic heterocycles. The third-order valence-electron chi connectivity index (χ3n) is 1.97. The number of aliphatic hydroxyl groups is 1. The van der Waals surface area contributed by atoms with E-state index < -0.39 is 5.60 Å². The van der Waals surface area contributed by atoms with Crippen molar-refractivity contribution in [1.82, 2.24) is 5.32 Å². The van der Waals surface area contributed by atoms with Crippen molar-refractivity contribution in [2.45, 2.75) is 26.0 Å². The van der Waals surface area contributed by atoms with Crippen LogP contribution in [0.1, 0.15) is 19.4 Å². The third kappa shape index (κ3) is 4.39. The Morgan fingerprint density at radius 3 is 2.69 bits per heavy atom. The molecule has 0 aromatic heterocycles. The highest BCUT2D eigenvalue weighted by molar-refractivity contribution is 6.30. The molecule has 1 aromatic carbocycles. The second-order valence-corrected chi connectivity index (χ2v) is 4.82. The zero-order valence-electron chi connectivity index (χ0n) is 9.88. The van der Waals surface area contributed by atoms with Gasteiger partial charge in [-0.2, -0.15) is 0 Å². The standard InChI is InChI=1S/C12H18ClNO2/c1-12(2,15)8-16-11-5-4-10(13)6-9(11)7-14-3/h4-6,14-15H,7-8H2,1-3H3. The lowest BCUT2D eigenvalue weighted by molar-refractivity contribution is 0.0281. The van der Waals surface area contributed by atoms with Crippen molar-refractivity contribution in [1.29, 1.82) is 0 Å². The molecule has 0 aliphatic rings. The van der Waals surface area contributed by atoms with E-state index in [-0.39, 0.29) is 6.61 Å².